The van der Waals surface area contributed by atoms with Gasteiger partial charge in [0.05, 0.1) is 5.92 Å². The Balaban J connectivity index is 3.86. The third-order valence-corrected chi connectivity index (χ3v) is 2.03. The zero-order valence-electron chi connectivity index (χ0n) is 7.91. The molecule has 2 N–H and O–H groups in total. The normalized spacial score (nSPS) is 14.3. The Bertz CT molecular complexity index is 213. The van der Waals surface area contributed by atoms with Gasteiger partial charge in [-0.25, -0.2) is 0 Å². The first-order chi connectivity index (χ1) is 5.99. The molecule has 0 saturated carbocycles. The second-order valence-electron chi connectivity index (χ2n) is 3.05. The summed E-state index contributed by atoms with van der Waals surface area (Å²) in [5.41, 5.74) is 0. The maximum Gasteiger partial charge on any atom is 0.306 e. The number of hydrogen-bond acceptors (Lipinski definition) is 2. The second-order valence-corrected chi connectivity index (χ2v) is 3.05. The summed E-state index contributed by atoms with van der Waals surface area (Å²) in [4.78, 5) is 21.3. The van der Waals surface area contributed by atoms with E-state index in [1.165, 1.54) is 0 Å². The van der Waals surface area contributed by atoms with Gasteiger partial charge in [0.15, 0.2) is 0 Å². The van der Waals surface area contributed by atoms with Crippen molar-refractivity contribution in [1.82, 2.24) is 5.32 Å². The van der Waals surface area contributed by atoms with Gasteiger partial charge in [0.1, 0.15) is 0 Å². The largest absolute Gasteiger partial charge is 0.481 e. The molecule has 0 saturated heterocycles. The lowest BCUT2D eigenvalue weighted by Gasteiger charge is -2.15. The van der Waals surface area contributed by atoms with E-state index in [-0.39, 0.29) is 11.8 Å². The highest BCUT2D eigenvalue weighted by atomic mass is 16.4. The van der Waals surface area contributed by atoms with Crippen LogP contribution in [-0.4, -0.2) is 23.5 Å². The van der Waals surface area contributed by atoms with Crippen LogP contribution in [0.15, 0.2) is 12.7 Å². The summed E-state index contributed by atoms with van der Waals surface area (Å²) >= 11 is 0. The first-order valence-corrected chi connectivity index (χ1v) is 4.12. The topological polar surface area (TPSA) is 66.4 Å². The minimum atomic E-state index is -0.847. The number of rotatable bonds is 5. The van der Waals surface area contributed by atoms with E-state index < -0.39 is 11.9 Å². The number of nitrogens with one attached hydrogen (secondary N) is 1. The third kappa shape index (κ3) is 4.30. The summed E-state index contributed by atoms with van der Waals surface area (Å²) in [5, 5.41) is 11.2. The molecule has 1 amide bonds. The smallest absolute Gasteiger partial charge is 0.306 e. The van der Waals surface area contributed by atoms with Gasteiger partial charge in [-0.15, -0.1) is 0 Å². The first kappa shape index (κ1) is 11.7. The highest BCUT2D eigenvalue weighted by Gasteiger charge is 2.19. The van der Waals surface area contributed by atoms with Crippen molar-refractivity contribution >= 4 is 11.9 Å². The monoisotopic (exact) mass is 185 g/mol. The van der Waals surface area contributed by atoms with E-state index in [4.69, 9.17) is 5.11 Å². The number of carbonyl (C=O) groups excluding carboxylic acids is 1. The van der Waals surface area contributed by atoms with Crippen molar-refractivity contribution in [1.29, 1.82) is 0 Å². The van der Waals surface area contributed by atoms with Crippen LogP contribution in [0.5, 0.6) is 0 Å². The summed E-state index contributed by atoms with van der Waals surface area (Å²) in [6.07, 6.45) is 1.16. The van der Waals surface area contributed by atoms with Gasteiger partial charge in [-0.1, -0.05) is 20.4 Å². The Kier molecular flexibility index (Phi) is 4.80. The Morgan fingerprint density at radius 3 is 2.46 bits per heavy atom. The van der Waals surface area contributed by atoms with Crippen molar-refractivity contribution in [2.75, 3.05) is 6.54 Å². The van der Waals surface area contributed by atoms with Gasteiger partial charge >= 0.3 is 5.97 Å². The number of hydrogen-bond donors (Lipinski definition) is 2. The van der Waals surface area contributed by atoms with Crippen LogP contribution in [0.1, 0.15) is 13.8 Å². The van der Waals surface area contributed by atoms with Crippen molar-refractivity contribution < 1.29 is 14.7 Å². The summed E-state index contributed by atoms with van der Waals surface area (Å²) in [6.45, 7) is 7.05. The number of aliphatic carboxylic acids is 1. The van der Waals surface area contributed by atoms with Crippen LogP contribution in [0, 0.1) is 11.8 Å². The lowest BCUT2D eigenvalue weighted by Crippen LogP contribution is -2.31. The fourth-order valence-corrected chi connectivity index (χ4v) is 0.754. The Labute approximate surface area is 77.6 Å². The van der Waals surface area contributed by atoms with E-state index in [0.29, 0.717) is 6.54 Å². The molecule has 0 aliphatic heterocycles. The van der Waals surface area contributed by atoms with Gasteiger partial charge in [-0.05, 0) is 12.0 Å². The van der Waals surface area contributed by atoms with Gasteiger partial charge in [-0.3, -0.25) is 9.59 Å². The van der Waals surface area contributed by atoms with Gasteiger partial charge < -0.3 is 10.4 Å². The molecule has 0 aliphatic carbocycles. The Morgan fingerprint density at radius 2 is 2.08 bits per heavy atom. The first-order valence-electron chi connectivity index (χ1n) is 4.12. The predicted octanol–water partition coefficient (Wildman–Crippen LogP) is 0.645. The van der Waals surface area contributed by atoms with E-state index in [1.54, 1.807) is 13.8 Å². The van der Waals surface area contributed by atoms with Crippen molar-refractivity contribution in [3.05, 3.63) is 12.7 Å². The number of carbonyl (C=O) groups is 2. The van der Waals surface area contributed by atoms with Crippen molar-refractivity contribution in [2.45, 2.75) is 13.8 Å². The van der Waals surface area contributed by atoms with Crippen LogP contribution in [0.4, 0.5) is 0 Å². The molecule has 4 nitrogen and oxygen atoms in total. The standard InChI is InChI=1S/C9H15NO3/c1-4-8(11)10-5-6(2)7(3)9(12)13/h4,6-7H,1,5H2,2-3H3,(H,10,11)(H,12,13). The fraction of sp³-hybridized carbons (Fsp3) is 0.556. The van der Waals surface area contributed by atoms with E-state index in [1.807, 2.05) is 0 Å². The van der Waals surface area contributed by atoms with Gasteiger partial charge in [0, 0.05) is 6.54 Å². The molecule has 0 spiro atoms. The summed E-state index contributed by atoms with van der Waals surface area (Å²) in [7, 11) is 0. The van der Waals surface area contributed by atoms with Gasteiger partial charge in [0.25, 0.3) is 0 Å². The van der Waals surface area contributed by atoms with Crippen LogP contribution in [-0.2, 0) is 9.59 Å². The quantitative estimate of drug-likeness (QED) is 0.618. The summed E-state index contributed by atoms with van der Waals surface area (Å²) in [6, 6.07) is 0. The van der Waals surface area contributed by atoms with E-state index >= 15 is 0 Å². The summed E-state index contributed by atoms with van der Waals surface area (Å²) in [5.74, 6) is -1.66. The van der Waals surface area contributed by atoms with Crippen LogP contribution in [0.25, 0.3) is 0 Å². The molecular weight excluding hydrogens is 170 g/mol. The molecule has 0 heterocycles. The van der Waals surface area contributed by atoms with Crippen LogP contribution < -0.4 is 5.32 Å². The molecule has 0 radical (unpaired) electrons. The highest BCUT2D eigenvalue weighted by molar-refractivity contribution is 5.86. The SMILES string of the molecule is C=CC(=O)NCC(C)C(C)C(=O)O. The lowest BCUT2D eigenvalue weighted by molar-refractivity contribution is -0.142. The van der Waals surface area contributed by atoms with Crippen LogP contribution >= 0.6 is 0 Å². The van der Waals surface area contributed by atoms with Crippen LogP contribution in [0.3, 0.4) is 0 Å². The predicted molar refractivity (Wildman–Crippen MR) is 49.2 cm³/mol. The van der Waals surface area contributed by atoms with Gasteiger partial charge in [0.2, 0.25) is 5.91 Å². The van der Waals surface area contributed by atoms with E-state index in [0.717, 1.165) is 6.08 Å². The molecule has 0 aliphatic rings. The average Bonchev–Trinajstić information content (AvgIpc) is 2.11. The maximum absolute atomic E-state index is 10.7. The molecular formula is C9H15NO3. The molecule has 2 atom stereocenters. The van der Waals surface area contributed by atoms with Crippen LogP contribution in [0.2, 0.25) is 0 Å². The highest BCUT2D eigenvalue weighted by Crippen LogP contribution is 2.09. The zero-order valence-corrected chi connectivity index (χ0v) is 7.91. The molecule has 2 unspecified atom stereocenters. The summed E-state index contributed by atoms with van der Waals surface area (Å²) < 4.78 is 0. The van der Waals surface area contributed by atoms with Crippen molar-refractivity contribution in [2.24, 2.45) is 11.8 Å². The molecule has 74 valence electrons. The Morgan fingerprint density at radius 1 is 1.54 bits per heavy atom. The van der Waals surface area contributed by atoms with Crippen molar-refractivity contribution in [3.8, 4) is 0 Å². The molecule has 0 bridgehead atoms. The molecule has 4 heteroatoms. The number of carboxylic acids is 1. The molecule has 0 aromatic carbocycles. The number of amides is 1. The van der Waals surface area contributed by atoms with Gasteiger partial charge in [-0.2, -0.15) is 0 Å². The minimum Gasteiger partial charge on any atom is -0.481 e. The lowest BCUT2D eigenvalue weighted by atomic mass is 9.96. The molecule has 0 rings (SSSR count). The second kappa shape index (κ2) is 5.35. The van der Waals surface area contributed by atoms with E-state index in [2.05, 4.69) is 11.9 Å². The minimum absolute atomic E-state index is 0.0820. The third-order valence-electron chi connectivity index (χ3n) is 2.03. The molecule has 0 aromatic heterocycles. The molecule has 13 heavy (non-hydrogen) atoms. The molecule has 0 aromatic rings. The average molecular weight is 185 g/mol. The maximum atomic E-state index is 10.7. The molecule has 0 fully saturated rings. The number of carboxylic acid groups (broad SMARTS) is 1. The van der Waals surface area contributed by atoms with Crippen molar-refractivity contribution in [3.63, 3.8) is 0 Å². The fourth-order valence-electron chi connectivity index (χ4n) is 0.754. The van der Waals surface area contributed by atoms with E-state index in [9.17, 15) is 9.59 Å². The Hall–Kier alpha value is -1.32. The zero-order chi connectivity index (χ0) is 10.4.